The minimum Gasteiger partial charge on any atom is -0.329 e. The van der Waals surface area contributed by atoms with E-state index in [9.17, 15) is 0 Å². The summed E-state index contributed by atoms with van der Waals surface area (Å²) >= 11 is 6.26. The van der Waals surface area contributed by atoms with E-state index in [4.69, 9.17) is 17.3 Å². The summed E-state index contributed by atoms with van der Waals surface area (Å²) in [5, 5.41) is 0.834. The first kappa shape index (κ1) is 15.8. The maximum absolute atomic E-state index is 6.26. The maximum atomic E-state index is 6.26. The van der Waals surface area contributed by atoms with Gasteiger partial charge in [0.25, 0.3) is 0 Å². The van der Waals surface area contributed by atoms with E-state index < -0.39 is 0 Å². The number of halogens is 1. The van der Waals surface area contributed by atoms with Crippen molar-refractivity contribution in [2.75, 3.05) is 32.7 Å². The topological polar surface area (TPSA) is 32.5 Å². The molecule has 1 aromatic carbocycles. The van der Waals surface area contributed by atoms with Gasteiger partial charge in [-0.2, -0.15) is 0 Å². The summed E-state index contributed by atoms with van der Waals surface area (Å²) in [6.07, 6.45) is 0. The van der Waals surface area contributed by atoms with Gasteiger partial charge in [-0.15, -0.1) is 0 Å². The summed E-state index contributed by atoms with van der Waals surface area (Å²) in [6, 6.07) is 7.19. The summed E-state index contributed by atoms with van der Waals surface area (Å²) in [4.78, 5) is 5.02. The molecule has 1 saturated heterocycles. The van der Waals surface area contributed by atoms with Gasteiger partial charge in [0.1, 0.15) is 0 Å². The third-order valence-electron chi connectivity index (χ3n) is 4.45. The number of nitrogens with two attached hydrogens (primary N) is 1. The Balaban J connectivity index is 2.14. The molecule has 2 rings (SSSR count). The van der Waals surface area contributed by atoms with E-state index in [0.29, 0.717) is 12.6 Å². The van der Waals surface area contributed by atoms with Crippen LogP contribution in [0, 0.1) is 6.92 Å². The third kappa shape index (κ3) is 3.34. The first-order chi connectivity index (χ1) is 9.56. The zero-order valence-electron chi connectivity index (χ0n) is 12.8. The Hall–Kier alpha value is -0.610. The quantitative estimate of drug-likeness (QED) is 0.927. The number of rotatable bonds is 4. The van der Waals surface area contributed by atoms with Crippen molar-refractivity contribution in [1.82, 2.24) is 9.80 Å². The Morgan fingerprint density at radius 2 is 2.15 bits per heavy atom. The Kier molecular flexibility index (Phi) is 5.44. The molecule has 1 aromatic rings. The molecule has 0 saturated carbocycles. The Morgan fingerprint density at radius 1 is 1.40 bits per heavy atom. The summed E-state index contributed by atoms with van der Waals surface area (Å²) in [7, 11) is 0. The molecule has 0 radical (unpaired) electrons. The van der Waals surface area contributed by atoms with Gasteiger partial charge < -0.3 is 5.73 Å². The van der Waals surface area contributed by atoms with Crippen LogP contribution >= 0.6 is 11.6 Å². The fourth-order valence-corrected chi connectivity index (χ4v) is 3.28. The first-order valence-corrected chi connectivity index (χ1v) is 7.88. The van der Waals surface area contributed by atoms with Gasteiger partial charge in [0.05, 0.1) is 0 Å². The number of likely N-dealkylation sites (N-methyl/N-ethyl adjacent to an activating group) is 1. The number of hydrogen-bond donors (Lipinski definition) is 1. The van der Waals surface area contributed by atoms with Crippen molar-refractivity contribution < 1.29 is 0 Å². The van der Waals surface area contributed by atoms with Gasteiger partial charge >= 0.3 is 0 Å². The Labute approximate surface area is 127 Å². The second-order valence-electron chi connectivity index (χ2n) is 5.73. The van der Waals surface area contributed by atoms with Gasteiger partial charge in [-0.1, -0.05) is 30.7 Å². The van der Waals surface area contributed by atoms with Crippen LogP contribution in [0.2, 0.25) is 5.02 Å². The molecule has 3 nitrogen and oxygen atoms in total. The first-order valence-electron chi connectivity index (χ1n) is 7.51. The average Bonchev–Trinajstić information content (AvgIpc) is 2.44. The van der Waals surface area contributed by atoms with Gasteiger partial charge in [0.2, 0.25) is 0 Å². The molecule has 1 aliphatic heterocycles. The van der Waals surface area contributed by atoms with Crippen LogP contribution in [0.4, 0.5) is 0 Å². The van der Waals surface area contributed by atoms with Crippen molar-refractivity contribution in [3.63, 3.8) is 0 Å². The molecular formula is C16H26ClN3. The van der Waals surface area contributed by atoms with Gasteiger partial charge in [0, 0.05) is 43.3 Å². The lowest BCUT2D eigenvalue weighted by Crippen LogP contribution is -2.53. The molecule has 0 spiro atoms. The lowest BCUT2D eigenvalue weighted by molar-refractivity contribution is 0.0606. The highest BCUT2D eigenvalue weighted by molar-refractivity contribution is 6.31. The molecule has 1 fully saturated rings. The molecule has 2 N–H and O–H groups in total. The molecule has 2 unspecified atom stereocenters. The van der Waals surface area contributed by atoms with Crippen molar-refractivity contribution in [3.8, 4) is 0 Å². The van der Waals surface area contributed by atoms with Gasteiger partial charge in [-0.3, -0.25) is 9.80 Å². The van der Waals surface area contributed by atoms with E-state index in [1.807, 2.05) is 6.92 Å². The largest absolute Gasteiger partial charge is 0.329 e. The molecule has 0 amide bonds. The van der Waals surface area contributed by atoms with E-state index in [1.165, 1.54) is 5.56 Å². The number of aryl methyl sites for hydroxylation is 1. The van der Waals surface area contributed by atoms with Crippen LogP contribution in [0.3, 0.4) is 0 Å². The predicted molar refractivity (Wildman–Crippen MR) is 86.3 cm³/mol. The molecule has 112 valence electrons. The minimum absolute atomic E-state index is 0.273. The molecule has 4 heteroatoms. The van der Waals surface area contributed by atoms with Gasteiger partial charge in [-0.05, 0) is 37.6 Å². The lowest BCUT2D eigenvalue weighted by atomic mass is 10.0. The second kappa shape index (κ2) is 6.90. The number of piperazine rings is 1. The van der Waals surface area contributed by atoms with E-state index >= 15 is 0 Å². The Bertz CT molecular complexity index is 449. The van der Waals surface area contributed by atoms with Crippen LogP contribution in [0.1, 0.15) is 31.0 Å². The van der Waals surface area contributed by atoms with Crippen LogP contribution in [-0.4, -0.2) is 48.6 Å². The number of nitrogens with zero attached hydrogens (tertiary/aromatic N) is 2. The maximum Gasteiger partial charge on any atom is 0.0472 e. The van der Waals surface area contributed by atoms with Crippen LogP contribution in [0.5, 0.6) is 0 Å². The number of hydrogen-bond acceptors (Lipinski definition) is 3. The van der Waals surface area contributed by atoms with Crippen LogP contribution in [0.15, 0.2) is 18.2 Å². The van der Waals surface area contributed by atoms with Crippen molar-refractivity contribution in [2.24, 2.45) is 5.73 Å². The fourth-order valence-electron chi connectivity index (χ4n) is 3.09. The molecular weight excluding hydrogens is 270 g/mol. The minimum atomic E-state index is 0.273. The zero-order chi connectivity index (χ0) is 14.7. The average molecular weight is 296 g/mol. The van der Waals surface area contributed by atoms with Crippen molar-refractivity contribution in [2.45, 2.75) is 32.9 Å². The lowest BCUT2D eigenvalue weighted by Gasteiger charge is -2.43. The predicted octanol–water partition coefficient (Wildman–Crippen LogP) is 2.67. The molecule has 1 aliphatic rings. The standard InChI is InChI=1S/C16H26ClN3/c1-4-19-7-8-20(11-13(19)3)16(10-18)14-6-5-12(2)15(17)9-14/h5-6,9,13,16H,4,7-8,10-11,18H2,1-3H3. The summed E-state index contributed by atoms with van der Waals surface area (Å²) in [5.41, 5.74) is 8.40. The van der Waals surface area contributed by atoms with Crippen LogP contribution < -0.4 is 5.73 Å². The van der Waals surface area contributed by atoms with E-state index in [0.717, 1.165) is 36.8 Å². The summed E-state index contributed by atoms with van der Waals surface area (Å²) < 4.78 is 0. The highest BCUT2D eigenvalue weighted by Crippen LogP contribution is 2.26. The zero-order valence-corrected chi connectivity index (χ0v) is 13.5. The van der Waals surface area contributed by atoms with Crippen molar-refractivity contribution in [3.05, 3.63) is 34.3 Å². The van der Waals surface area contributed by atoms with Crippen LogP contribution in [-0.2, 0) is 0 Å². The van der Waals surface area contributed by atoms with Crippen LogP contribution in [0.25, 0.3) is 0 Å². The smallest absolute Gasteiger partial charge is 0.0472 e. The summed E-state index contributed by atoms with van der Waals surface area (Å²) in [6.45, 7) is 11.6. The van der Waals surface area contributed by atoms with E-state index in [2.05, 4.69) is 41.8 Å². The van der Waals surface area contributed by atoms with Gasteiger partial charge in [-0.25, -0.2) is 0 Å². The highest BCUT2D eigenvalue weighted by atomic mass is 35.5. The molecule has 0 bridgehead atoms. The van der Waals surface area contributed by atoms with Crippen molar-refractivity contribution >= 4 is 11.6 Å². The molecule has 2 atom stereocenters. The highest BCUT2D eigenvalue weighted by Gasteiger charge is 2.27. The molecule has 0 aromatic heterocycles. The third-order valence-corrected chi connectivity index (χ3v) is 4.85. The SMILES string of the molecule is CCN1CCN(C(CN)c2ccc(C)c(Cl)c2)CC1C. The molecule has 1 heterocycles. The van der Waals surface area contributed by atoms with E-state index in [-0.39, 0.29) is 6.04 Å². The van der Waals surface area contributed by atoms with E-state index in [1.54, 1.807) is 0 Å². The second-order valence-corrected chi connectivity index (χ2v) is 6.14. The molecule has 0 aliphatic carbocycles. The summed E-state index contributed by atoms with van der Waals surface area (Å²) in [5.74, 6) is 0. The van der Waals surface area contributed by atoms with Gasteiger partial charge in [0.15, 0.2) is 0 Å². The monoisotopic (exact) mass is 295 g/mol. The Morgan fingerprint density at radius 3 is 2.70 bits per heavy atom. The normalized spacial score (nSPS) is 22.9. The van der Waals surface area contributed by atoms with Crippen molar-refractivity contribution in [1.29, 1.82) is 0 Å². The molecule has 20 heavy (non-hydrogen) atoms. The number of benzene rings is 1. The fraction of sp³-hybridized carbons (Fsp3) is 0.625.